The summed E-state index contributed by atoms with van der Waals surface area (Å²) >= 11 is 5.67. The number of nitrogens with zero attached hydrogens (tertiary/aromatic N) is 1. The molecule has 152 valence electrons. The number of hydrogen-bond acceptors (Lipinski definition) is 4. The smallest absolute Gasteiger partial charge is 0.262 e. The molecule has 0 spiro atoms. The fourth-order valence-electron chi connectivity index (χ4n) is 3.18. The molecule has 3 rings (SSSR count). The number of halogens is 3. The minimum Gasteiger partial charge on any atom is -0.505 e. The lowest BCUT2D eigenvalue weighted by molar-refractivity contribution is -0.120. The van der Waals surface area contributed by atoms with Gasteiger partial charge in [-0.2, -0.15) is 0 Å². The molecule has 0 saturated heterocycles. The lowest BCUT2D eigenvalue weighted by Gasteiger charge is -2.08. The number of phenolic OH excluding ortho intramolecular Hbond substituents is 1. The Labute approximate surface area is 169 Å². The van der Waals surface area contributed by atoms with E-state index in [-0.39, 0.29) is 52.3 Å². The number of carbonyl (C=O) groups excluding carboxylic acids is 2. The largest absolute Gasteiger partial charge is 0.505 e. The van der Waals surface area contributed by atoms with Crippen LogP contribution in [0.3, 0.4) is 0 Å². The molecule has 3 N–H and O–H groups in total. The second-order valence-corrected chi connectivity index (χ2v) is 6.78. The van der Waals surface area contributed by atoms with Gasteiger partial charge in [0, 0.05) is 23.2 Å². The van der Waals surface area contributed by atoms with Crippen LogP contribution in [0.25, 0.3) is 10.9 Å². The Kier molecular flexibility index (Phi) is 5.86. The van der Waals surface area contributed by atoms with Gasteiger partial charge in [-0.15, -0.1) is 0 Å². The zero-order valence-electron chi connectivity index (χ0n) is 15.3. The van der Waals surface area contributed by atoms with E-state index < -0.39 is 29.2 Å². The molecule has 0 aliphatic heterocycles. The summed E-state index contributed by atoms with van der Waals surface area (Å²) in [6, 6.07) is 5.99. The fraction of sp³-hybridized carbons (Fsp3) is 0.200. The van der Waals surface area contributed by atoms with Crippen LogP contribution in [-0.4, -0.2) is 39.7 Å². The molecule has 1 amide bonds. The first-order valence-electron chi connectivity index (χ1n) is 8.65. The predicted octanol–water partition coefficient (Wildman–Crippen LogP) is 2.93. The summed E-state index contributed by atoms with van der Waals surface area (Å²) < 4.78 is 29.7. The number of phenols is 1. The van der Waals surface area contributed by atoms with Crippen LogP contribution in [0.4, 0.5) is 8.78 Å². The molecule has 6 nitrogen and oxygen atoms in total. The van der Waals surface area contributed by atoms with Gasteiger partial charge in [0.15, 0.2) is 11.6 Å². The highest BCUT2D eigenvalue weighted by molar-refractivity contribution is 6.30. The summed E-state index contributed by atoms with van der Waals surface area (Å²) in [7, 11) is 0. The quantitative estimate of drug-likeness (QED) is 0.589. The Hall–Kier alpha value is -2.97. The highest BCUT2D eigenvalue weighted by atomic mass is 35.5. The van der Waals surface area contributed by atoms with E-state index in [9.17, 15) is 23.5 Å². The van der Waals surface area contributed by atoms with Crippen molar-refractivity contribution >= 4 is 34.3 Å². The maximum Gasteiger partial charge on any atom is 0.262 e. The number of nitrogens with one attached hydrogen (secondary N) is 1. The molecular formula is C20H17ClF2N2O4. The zero-order valence-corrected chi connectivity index (χ0v) is 16.1. The van der Waals surface area contributed by atoms with Gasteiger partial charge in [-0.05, 0) is 42.8 Å². The van der Waals surface area contributed by atoms with Gasteiger partial charge >= 0.3 is 0 Å². The molecule has 9 heteroatoms. The highest BCUT2D eigenvalue weighted by Crippen LogP contribution is 2.33. The molecule has 3 aromatic rings. The molecule has 0 fully saturated rings. The molecule has 0 radical (unpaired) electrons. The van der Waals surface area contributed by atoms with Gasteiger partial charge in [0.25, 0.3) is 5.91 Å². The lowest BCUT2D eigenvalue weighted by Crippen LogP contribution is -2.28. The van der Waals surface area contributed by atoms with Crippen LogP contribution in [0.1, 0.15) is 21.6 Å². The van der Waals surface area contributed by atoms with Crippen molar-refractivity contribution in [1.29, 1.82) is 0 Å². The number of fused-ring (bicyclic) bond motifs is 1. The van der Waals surface area contributed by atoms with Crippen molar-refractivity contribution in [2.45, 2.75) is 13.3 Å². The van der Waals surface area contributed by atoms with Gasteiger partial charge in [0.05, 0.1) is 23.6 Å². The van der Waals surface area contributed by atoms with E-state index in [0.717, 1.165) is 16.7 Å². The van der Waals surface area contributed by atoms with Gasteiger partial charge in [-0.1, -0.05) is 11.6 Å². The third kappa shape index (κ3) is 3.81. The van der Waals surface area contributed by atoms with Gasteiger partial charge in [0.1, 0.15) is 5.82 Å². The molecular weight excluding hydrogens is 406 g/mol. The van der Waals surface area contributed by atoms with Crippen molar-refractivity contribution in [1.82, 2.24) is 9.88 Å². The van der Waals surface area contributed by atoms with Crippen molar-refractivity contribution < 1.29 is 28.6 Å². The first-order chi connectivity index (χ1) is 13.8. The average Bonchev–Trinajstić information content (AvgIpc) is 2.96. The summed E-state index contributed by atoms with van der Waals surface area (Å²) in [5.41, 5.74) is 0.579. The molecule has 0 atom stereocenters. The average molecular weight is 423 g/mol. The van der Waals surface area contributed by atoms with E-state index in [0.29, 0.717) is 0 Å². The second-order valence-electron chi connectivity index (χ2n) is 6.38. The number of aliphatic hydroxyl groups excluding tert-OH is 1. The van der Waals surface area contributed by atoms with Gasteiger partial charge in [-0.25, -0.2) is 8.78 Å². The first kappa shape index (κ1) is 20.8. The van der Waals surface area contributed by atoms with Gasteiger partial charge in [0.2, 0.25) is 5.91 Å². The van der Waals surface area contributed by atoms with Crippen LogP contribution in [0.5, 0.6) is 5.75 Å². The topological polar surface area (TPSA) is 91.6 Å². The Balaban J connectivity index is 2.18. The monoisotopic (exact) mass is 422 g/mol. The number of aromatic nitrogens is 1. The van der Waals surface area contributed by atoms with Crippen molar-refractivity contribution in [2.24, 2.45) is 0 Å². The van der Waals surface area contributed by atoms with E-state index in [4.69, 9.17) is 16.7 Å². The van der Waals surface area contributed by atoms with Crippen LogP contribution in [0.2, 0.25) is 5.02 Å². The van der Waals surface area contributed by atoms with Crippen LogP contribution in [0.15, 0.2) is 30.3 Å². The van der Waals surface area contributed by atoms with E-state index in [1.807, 2.05) is 0 Å². The zero-order chi connectivity index (χ0) is 21.3. The number of rotatable bonds is 5. The van der Waals surface area contributed by atoms with Crippen LogP contribution in [0, 0.1) is 18.6 Å². The van der Waals surface area contributed by atoms with Crippen LogP contribution >= 0.6 is 11.6 Å². The Morgan fingerprint density at radius 3 is 2.59 bits per heavy atom. The third-order valence-electron chi connectivity index (χ3n) is 4.56. The molecule has 29 heavy (non-hydrogen) atoms. The van der Waals surface area contributed by atoms with Crippen molar-refractivity contribution in [3.05, 3.63) is 63.8 Å². The summed E-state index contributed by atoms with van der Waals surface area (Å²) in [5.74, 6) is -3.51. The molecule has 0 aliphatic carbocycles. The van der Waals surface area contributed by atoms with E-state index in [2.05, 4.69) is 5.32 Å². The Morgan fingerprint density at radius 1 is 1.21 bits per heavy atom. The molecule has 0 bridgehead atoms. The molecule has 0 saturated carbocycles. The van der Waals surface area contributed by atoms with E-state index in [1.54, 1.807) is 0 Å². The number of benzene rings is 2. The molecule has 0 unspecified atom stereocenters. The van der Waals surface area contributed by atoms with E-state index in [1.165, 1.54) is 25.1 Å². The second kappa shape index (κ2) is 8.18. The molecule has 0 aliphatic rings. The maximum atomic E-state index is 14.7. The van der Waals surface area contributed by atoms with Gasteiger partial charge < -0.3 is 15.5 Å². The number of amides is 1. The number of carbonyl (C=O) groups is 2. The fourth-order valence-corrected chi connectivity index (χ4v) is 3.30. The minimum atomic E-state index is -0.968. The summed E-state index contributed by atoms with van der Waals surface area (Å²) in [5, 5.41) is 20.8. The van der Waals surface area contributed by atoms with E-state index >= 15 is 0 Å². The summed E-state index contributed by atoms with van der Waals surface area (Å²) in [6.07, 6.45) is -0.280. The molecule has 2 aromatic carbocycles. The Morgan fingerprint density at radius 2 is 1.93 bits per heavy atom. The Bertz CT molecular complexity index is 1130. The predicted molar refractivity (Wildman–Crippen MR) is 103 cm³/mol. The van der Waals surface area contributed by atoms with Crippen molar-refractivity contribution in [3.8, 4) is 5.75 Å². The molecule has 1 heterocycles. The van der Waals surface area contributed by atoms with Crippen LogP contribution in [-0.2, 0) is 11.2 Å². The lowest BCUT2D eigenvalue weighted by atomic mass is 10.1. The number of aliphatic hydroxyl groups is 1. The highest BCUT2D eigenvalue weighted by Gasteiger charge is 2.25. The number of aromatic hydroxyl groups is 1. The SMILES string of the molecule is Cc1c(CC(=O)NCCO)c2c(F)c(O)ccc2n1C(=O)c1ccc(Cl)c(F)c1. The van der Waals surface area contributed by atoms with Crippen LogP contribution < -0.4 is 5.32 Å². The van der Waals surface area contributed by atoms with Gasteiger partial charge in [-0.3, -0.25) is 14.2 Å². The first-order valence-corrected chi connectivity index (χ1v) is 9.02. The normalized spacial score (nSPS) is 11.1. The maximum absolute atomic E-state index is 14.7. The third-order valence-corrected chi connectivity index (χ3v) is 4.86. The van der Waals surface area contributed by atoms with Crippen molar-refractivity contribution in [3.63, 3.8) is 0 Å². The van der Waals surface area contributed by atoms with Crippen molar-refractivity contribution in [2.75, 3.05) is 13.2 Å². The number of hydrogen-bond donors (Lipinski definition) is 3. The summed E-state index contributed by atoms with van der Waals surface area (Å²) in [4.78, 5) is 25.2. The standard InChI is InChI=1S/C20H17ClF2N2O4/c1-10-12(9-17(28)24-6-7-26)18-15(4-5-16(27)19(18)23)25(10)20(29)11-2-3-13(21)14(22)8-11/h2-5,8,26-27H,6-7,9H2,1H3,(H,24,28). The molecule has 1 aromatic heterocycles. The minimum absolute atomic E-state index is 0.0170. The summed E-state index contributed by atoms with van der Waals surface area (Å²) in [6.45, 7) is 1.28.